The van der Waals surface area contributed by atoms with Gasteiger partial charge in [0.15, 0.2) is 0 Å². The molecule has 0 saturated carbocycles. The molecular weight excluding hydrogens is 436 g/mol. The monoisotopic (exact) mass is 460 g/mol. The second-order valence-electron chi connectivity index (χ2n) is 7.71. The summed E-state index contributed by atoms with van der Waals surface area (Å²) in [5.41, 5.74) is 2.02. The van der Waals surface area contributed by atoms with Crippen molar-refractivity contribution in [3.05, 3.63) is 47.3 Å². The molecule has 8 nitrogen and oxygen atoms in total. The quantitative estimate of drug-likeness (QED) is 0.741. The zero-order valence-electron chi connectivity index (χ0n) is 17.2. The number of rotatable bonds is 5. The number of carbonyl (C=O) groups is 2. The topological polar surface area (TPSA) is 99.2 Å². The Labute approximate surface area is 185 Å². The molecule has 2 aromatic rings. The molecule has 31 heavy (non-hydrogen) atoms. The fraction of sp³-hybridized carbons (Fsp3) is 0.381. The summed E-state index contributed by atoms with van der Waals surface area (Å²) in [5, 5.41) is 7.40. The zero-order valence-corrected chi connectivity index (χ0v) is 18.8. The molecule has 10 heteroatoms. The first-order valence-electron chi connectivity index (χ1n) is 10.2. The minimum absolute atomic E-state index is 0.135. The second kappa shape index (κ2) is 8.89. The van der Waals surface area contributed by atoms with Crippen LogP contribution in [0.5, 0.6) is 0 Å². The molecule has 1 aromatic heterocycles. The molecule has 2 amide bonds. The van der Waals surface area contributed by atoms with Crippen molar-refractivity contribution >= 4 is 44.6 Å². The maximum atomic E-state index is 13.0. The van der Waals surface area contributed by atoms with Crippen molar-refractivity contribution in [2.24, 2.45) is 5.10 Å². The molecule has 0 unspecified atom stereocenters. The highest BCUT2D eigenvalue weighted by molar-refractivity contribution is 7.91. The Kier molecular flexibility index (Phi) is 6.22. The van der Waals surface area contributed by atoms with E-state index < -0.39 is 10.0 Å². The van der Waals surface area contributed by atoms with Gasteiger partial charge < -0.3 is 4.90 Å². The van der Waals surface area contributed by atoms with Crippen molar-refractivity contribution in [1.82, 2.24) is 9.62 Å². The second-order valence-corrected chi connectivity index (χ2v) is 10.6. The number of amides is 2. The van der Waals surface area contributed by atoms with Crippen LogP contribution in [0.1, 0.15) is 31.2 Å². The number of carbonyl (C=O) groups excluding carboxylic acids is 2. The predicted molar refractivity (Wildman–Crippen MR) is 120 cm³/mol. The van der Waals surface area contributed by atoms with Crippen LogP contribution in [0.3, 0.4) is 0 Å². The molecule has 164 valence electrons. The number of sulfonamides is 1. The first kappa shape index (κ1) is 21.7. The van der Waals surface area contributed by atoms with E-state index in [2.05, 4.69) is 9.82 Å². The lowest BCUT2D eigenvalue weighted by Crippen LogP contribution is -2.49. The number of thiophene rings is 1. The van der Waals surface area contributed by atoms with E-state index in [1.807, 2.05) is 25.1 Å². The van der Waals surface area contributed by atoms with Crippen LogP contribution in [0.25, 0.3) is 0 Å². The molecule has 0 radical (unpaired) electrons. The summed E-state index contributed by atoms with van der Waals surface area (Å²) >= 11 is 1.18. The maximum Gasteiger partial charge on any atom is 0.270 e. The van der Waals surface area contributed by atoms with Crippen molar-refractivity contribution in [2.75, 3.05) is 18.1 Å². The molecular formula is C21H24N4O4S2. The number of piperidine rings is 1. The molecule has 1 fully saturated rings. The molecule has 0 spiro atoms. The fourth-order valence-electron chi connectivity index (χ4n) is 3.75. The Bertz CT molecular complexity index is 1100. The smallest absolute Gasteiger partial charge is 0.270 e. The van der Waals surface area contributed by atoms with Gasteiger partial charge in [-0.3, -0.25) is 9.59 Å². The summed E-state index contributed by atoms with van der Waals surface area (Å²) in [6.07, 6.45) is 1.61. The molecule has 1 aromatic carbocycles. The summed E-state index contributed by atoms with van der Waals surface area (Å²) < 4.78 is 27.9. The molecule has 0 bridgehead atoms. The zero-order chi connectivity index (χ0) is 22.0. The van der Waals surface area contributed by atoms with E-state index in [-0.39, 0.29) is 24.3 Å². The van der Waals surface area contributed by atoms with Gasteiger partial charge in [-0.1, -0.05) is 18.2 Å². The first-order valence-corrected chi connectivity index (χ1v) is 12.5. The third-order valence-electron chi connectivity index (χ3n) is 5.39. The molecule has 1 N–H and O–H groups in total. The molecule has 4 rings (SSSR count). The number of aryl methyl sites for hydroxylation is 1. The highest BCUT2D eigenvalue weighted by Crippen LogP contribution is 2.23. The number of hydrazone groups is 1. The lowest BCUT2D eigenvalue weighted by molar-refractivity contribution is -0.125. The van der Waals surface area contributed by atoms with E-state index in [9.17, 15) is 18.0 Å². The lowest BCUT2D eigenvalue weighted by atomic mass is 10.0. The number of hydrogen-bond acceptors (Lipinski definition) is 6. The van der Waals surface area contributed by atoms with Crippen molar-refractivity contribution in [3.8, 4) is 0 Å². The van der Waals surface area contributed by atoms with Crippen LogP contribution in [0.2, 0.25) is 0 Å². The van der Waals surface area contributed by atoms with Crippen molar-refractivity contribution in [2.45, 2.75) is 42.9 Å². The highest BCUT2D eigenvalue weighted by atomic mass is 32.2. The molecule has 0 atom stereocenters. The summed E-state index contributed by atoms with van der Waals surface area (Å²) in [4.78, 5) is 27.0. The van der Waals surface area contributed by atoms with Gasteiger partial charge in [0.1, 0.15) is 9.92 Å². The van der Waals surface area contributed by atoms with Gasteiger partial charge in [0.2, 0.25) is 15.9 Å². The summed E-state index contributed by atoms with van der Waals surface area (Å²) in [5.74, 6) is -0.325. The van der Waals surface area contributed by atoms with E-state index in [1.54, 1.807) is 28.5 Å². The maximum absolute atomic E-state index is 13.0. The largest absolute Gasteiger partial charge is 0.337 e. The van der Waals surface area contributed by atoms with Crippen LogP contribution < -0.4 is 9.73 Å². The number of likely N-dealkylation sites (tertiary alicyclic amines) is 1. The minimum Gasteiger partial charge on any atom is -0.337 e. The molecule has 1 saturated heterocycles. The lowest BCUT2D eigenvalue weighted by Gasteiger charge is -2.33. The van der Waals surface area contributed by atoms with Crippen LogP contribution >= 0.6 is 11.3 Å². The average molecular weight is 461 g/mol. The van der Waals surface area contributed by atoms with Gasteiger partial charge in [-0.2, -0.15) is 5.10 Å². The van der Waals surface area contributed by atoms with Crippen LogP contribution in [-0.4, -0.2) is 50.0 Å². The van der Waals surface area contributed by atoms with Crippen LogP contribution in [-0.2, 0) is 19.6 Å². The normalized spacial score (nSPS) is 18.2. The summed E-state index contributed by atoms with van der Waals surface area (Å²) in [7, 11) is -3.53. The Morgan fingerprint density at radius 1 is 1.16 bits per heavy atom. The van der Waals surface area contributed by atoms with Crippen LogP contribution in [0.4, 0.5) is 5.69 Å². The Balaban J connectivity index is 1.40. The van der Waals surface area contributed by atoms with Crippen molar-refractivity contribution in [1.29, 1.82) is 0 Å². The van der Waals surface area contributed by atoms with E-state index in [1.165, 1.54) is 16.3 Å². The van der Waals surface area contributed by atoms with Crippen molar-refractivity contribution in [3.63, 3.8) is 0 Å². The first-order chi connectivity index (χ1) is 14.8. The average Bonchev–Trinajstić information content (AvgIpc) is 3.30. The number of benzene rings is 1. The Hall–Kier alpha value is -2.56. The third kappa shape index (κ3) is 4.86. The van der Waals surface area contributed by atoms with E-state index in [0.29, 0.717) is 48.0 Å². The number of nitrogens with zero attached hydrogens (tertiary/aromatic N) is 3. The fourth-order valence-corrected chi connectivity index (χ4v) is 6.06. The van der Waals surface area contributed by atoms with Gasteiger partial charge in [0.25, 0.3) is 5.91 Å². The summed E-state index contributed by atoms with van der Waals surface area (Å²) in [6, 6.07) is 10.5. The number of anilines is 1. The standard InChI is InChI=1S/C21H24N4O4S2/c1-15-4-2-5-17(14-15)25-19(26)8-7-18(22-25)21(27)24-11-9-16(10-12-24)23-31(28,29)20-6-3-13-30-20/h2-6,13-14,16,23H,7-12H2,1H3. The third-order valence-corrected chi connectivity index (χ3v) is 8.31. The van der Waals surface area contributed by atoms with Crippen LogP contribution in [0.15, 0.2) is 51.1 Å². The van der Waals surface area contributed by atoms with Gasteiger partial charge in [-0.15, -0.1) is 11.3 Å². The molecule has 2 aliphatic heterocycles. The van der Waals surface area contributed by atoms with E-state index in [0.717, 1.165) is 5.56 Å². The van der Waals surface area contributed by atoms with Gasteiger partial charge >= 0.3 is 0 Å². The van der Waals surface area contributed by atoms with Gasteiger partial charge in [0.05, 0.1) is 5.69 Å². The van der Waals surface area contributed by atoms with Crippen LogP contribution in [0, 0.1) is 6.92 Å². The van der Waals surface area contributed by atoms with E-state index in [4.69, 9.17) is 0 Å². The number of nitrogens with one attached hydrogen (secondary N) is 1. The van der Waals surface area contributed by atoms with Crippen molar-refractivity contribution < 1.29 is 18.0 Å². The Morgan fingerprint density at radius 3 is 2.61 bits per heavy atom. The predicted octanol–water partition coefficient (Wildman–Crippen LogP) is 2.51. The van der Waals surface area contributed by atoms with Gasteiger partial charge in [0, 0.05) is 32.0 Å². The molecule has 2 aliphatic rings. The SMILES string of the molecule is Cc1cccc(N2N=C(C(=O)N3CCC(NS(=O)(=O)c4cccs4)CC3)CCC2=O)c1. The van der Waals surface area contributed by atoms with E-state index >= 15 is 0 Å². The van der Waals surface area contributed by atoms with Gasteiger partial charge in [-0.05, 0) is 48.9 Å². The molecule has 3 heterocycles. The Morgan fingerprint density at radius 2 is 1.94 bits per heavy atom. The minimum atomic E-state index is -3.53. The van der Waals surface area contributed by atoms with Gasteiger partial charge in [-0.25, -0.2) is 18.1 Å². The molecule has 0 aliphatic carbocycles. The summed E-state index contributed by atoms with van der Waals surface area (Å²) in [6.45, 7) is 2.81. The number of hydrogen-bond donors (Lipinski definition) is 1. The highest BCUT2D eigenvalue weighted by Gasteiger charge is 2.32.